The number of hydrogen-bond acceptors (Lipinski definition) is 6. The first-order valence-electron chi connectivity index (χ1n) is 7.78. The lowest BCUT2D eigenvalue weighted by Crippen LogP contribution is -2.23. The van der Waals surface area contributed by atoms with Gasteiger partial charge in [0, 0.05) is 16.3 Å². The van der Waals surface area contributed by atoms with Crippen LogP contribution in [-0.2, 0) is 16.6 Å². The SMILES string of the molecule is O=S(=O)(NCc1ccc([C@@H](O)c2ccsc2)s1)c1ccc(OC(F)(F)F)cc1. The summed E-state index contributed by atoms with van der Waals surface area (Å²) >= 11 is 2.73. The van der Waals surface area contributed by atoms with Crippen molar-refractivity contribution >= 4 is 32.7 Å². The van der Waals surface area contributed by atoms with E-state index in [4.69, 9.17) is 0 Å². The summed E-state index contributed by atoms with van der Waals surface area (Å²) < 4.78 is 67.2. The highest BCUT2D eigenvalue weighted by molar-refractivity contribution is 7.89. The van der Waals surface area contributed by atoms with Crippen LogP contribution in [0.15, 0.2) is 58.1 Å². The lowest BCUT2D eigenvalue weighted by atomic mass is 10.2. The average Bonchev–Trinajstić information content (AvgIpc) is 3.31. The minimum Gasteiger partial charge on any atom is -0.406 e. The minimum absolute atomic E-state index is 0.00976. The third-order valence-corrected chi connectivity index (χ3v) is 6.87. The van der Waals surface area contributed by atoms with Crippen molar-refractivity contribution in [2.75, 3.05) is 0 Å². The molecular weight excluding hydrogens is 435 g/mol. The Bertz CT molecular complexity index is 1010. The normalized spacial score (nSPS) is 13.4. The maximum Gasteiger partial charge on any atom is 0.573 e. The lowest BCUT2D eigenvalue weighted by molar-refractivity contribution is -0.274. The molecule has 3 aromatic rings. The second-order valence-electron chi connectivity index (χ2n) is 5.61. The van der Waals surface area contributed by atoms with Gasteiger partial charge in [0.2, 0.25) is 10.0 Å². The molecule has 0 aliphatic carbocycles. The molecule has 0 fully saturated rings. The number of nitrogens with one attached hydrogen (secondary N) is 1. The van der Waals surface area contributed by atoms with Gasteiger partial charge in [-0.1, -0.05) is 0 Å². The summed E-state index contributed by atoms with van der Waals surface area (Å²) in [5.41, 5.74) is 0.764. The summed E-state index contributed by atoms with van der Waals surface area (Å²) in [6, 6.07) is 9.17. The number of thiophene rings is 2. The molecule has 11 heteroatoms. The Balaban J connectivity index is 1.64. The molecule has 0 amide bonds. The van der Waals surface area contributed by atoms with Gasteiger partial charge in [-0.2, -0.15) is 11.3 Å². The highest BCUT2D eigenvalue weighted by Crippen LogP contribution is 2.30. The molecule has 2 heterocycles. The van der Waals surface area contributed by atoms with E-state index in [9.17, 15) is 26.7 Å². The van der Waals surface area contributed by atoms with Crippen LogP contribution in [0.1, 0.15) is 21.4 Å². The third-order valence-electron chi connectivity index (χ3n) is 3.61. The Morgan fingerprint density at radius 3 is 2.43 bits per heavy atom. The second kappa shape index (κ2) is 8.21. The van der Waals surface area contributed by atoms with Gasteiger partial charge in [0.05, 0.1) is 4.90 Å². The van der Waals surface area contributed by atoms with E-state index in [0.717, 1.165) is 29.8 Å². The van der Waals surface area contributed by atoms with E-state index in [1.54, 1.807) is 12.1 Å². The number of aliphatic hydroxyl groups excluding tert-OH is 1. The van der Waals surface area contributed by atoms with E-state index in [1.165, 1.54) is 22.7 Å². The molecule has 0 bridgehead atoms. The van der Waals surface area contributed by atoms with Crippen LogP contribution in [0.4, 0.5) is 13.2 Å². The largest absolute Gasteiger partial charge is 0.573 e. The summed E-state index contributed by atoms with van der Waals surface area (Å²) in [6.45, 7) is -0.00976. The fourth-order valence-electron chi connectivity index (χ4n) is 2.30. The van der Waals surface area contributed by atoms with Crippen LogP contribution >= 0.6 is 22.7 Å². The number of alkyl halides is 3. The Hall–Kier alpha value is -1.92. The third kappa shape index (κ3) is 5.32. The van der Waals surface area contributed by atoms with Gasteiger partial charge in [0.15, 0.2) is 0 Å². The van der Waals surface area contributed by atoms with Gasteiger partial charge in [-0.15, -0.1) is 24.5 Å². The number of halogens is 3. The fourth-order valence-corrected chi connectivity index (χ4v) is 5.05. The highest BCUT2D eigenvalue weighted by Gasteiger charge is 2.31. The van der Waals surface area contributed by atoms with Crippen molar-refractivity contribution in [1.82, 2.24) is 4.72 Å². The molecule has 0 saturated heterocycles. The fraction of sp³-hybridized carbons (Fsp3) is 0.176. The van der Waals surface area contributed by atoms with Gasteiger partial charge in [-0.3, -0.25) is 0 Å². The van der Waals surface area contributed by atoms with Crippen LogP contribution in [0.3, 0.4) is 0 Å². The van der Waals surface area contributed by atoms with E-state index >= 15 is 0 Å². The van der Waals surface area contributed by atoms with Crippen LogP contribution in [0.25, 0.3) is 0 Å². The molecule has 0 radical (unpaired) electrons. The molecule has 5 nitrogen and oxygen atoms in total. The van der Waals surface area contributed by atoms with Gasteiger partial charge in [0.1, 0.15) is 11.9 Å². The predicted octanol–water partition coefficient (Wildman–Crippen LogP) is 4.27. The van der Waals surface area contributed by atoms with Crippen LogP contribution in [-0.4, -0.2) is 19.9 Å². The number of sulfonamides is 1. The van der Waals surface area contributed by atoms with Gasteiger partial charge < -0.3 is 9.84 Å². The molecule has 0 saturated carbocycles. The van der Waals surface area contributed by atoms with Gasteiger partial charge in [0.25, 0.3) is 0 Å². The van der Waals surface area contributed by atoms with Crippen molar-refractivity contribution < 1.29 is 31.4 Å². The Morgan fingerprint density at radius 2 is 1.82 bits per heavy atom. The molecule has 2 N–H and O–H groups in total. The summed E-state index contributed by atoms with van der Waals surface area (Å²) in [4.78, 5) is 1.18. The number of benzene rings is 1. The van der Waals surface area contributed by atoms with Crippen LogP contribution in [0, 0.1) is 0 Å². The summed E-state index contributed by atoms with van der Waals surface area (Å²) in [5, 5.41) is 14.0. The first-order valence-corrected chi connectivity index (χ1v) is 11.0. The molecule has 1 atom stereocenters. The second-order valence-corrected chi connectivity index (χ2v) is 9.35. The predicted molar refractivity (Wildman–Crippen MR) is 99.9 cm³/mol. The maximum absolute atomic E-state index is 12.3. The zero-order valence-electron chi connectivity index (χ0n) is 14.0. The van der Waals surface area contributed by atoms with Crippen LogP contribution < -0.4 is 9.46 Å². The Kier molecular flexibility index (Phi) is 6.10. The van der Waals surface area contributed by atoms with Crippen molar-refractivity contribution in [3.63, 3.8) is 0 Å². The lowest BCUT2D eigenvalue weighted by Gasteiger charge is -2.10. The number of rotatable bonds is 7. The van der Waals surface area contributed by atoms with Crippen LogP contribution in [0.5, 0.6) is 5.75 Å². The van der Waals surface area contributed by atoms with Crippen molar-refractivity contribution in [3.8, 4) is 5.75 Å². The average molecular weight is 449 g/mol. The molecule has 0 unspecified atom stereocenters. The quantitative estimate of drug-likeness (QED) is 0.565. The highest BCUT2D eigenvalue weighted by atomic mass is 32.2. The van der Waals surface area contributed by atoms with E-state index in [2.05, 4.69) is 9.46 Å². The molecular formula is C17H14F3NO4S3. The smallest absolute Gasteiger partial charge is 0.406 e. The number of ether oxygens (including phenoxy) is 1. The van der Waals surface area contributed by atoms with Gasteiger partial charge >= 0.3 is 6.36 Å². The first-order chi connectivity index (χ1) is 13.1. The van der Waals surface area contributed by atoms with Crippen LogP contribution in [0.2, 0.25) is 0 Å². The molecule has 0 aliphatic heterocycles. The summed E-state index contributed by atoms with van der Waals surface area (Å²) in [7, 11) is -3.91. The maximum atomic E-state index is 12.3. The zero-order valence-corrected chi connectivity index (χ0v) is 16.5. The van der Waals surface area contributed by atoms with E-state index in [0.29, 0.717) is 9.75 Å². The molecule has 28 heavy (non-hydrogen) atoms. The summed E-state index contributed by atoms with van der Waals surface area (Å²) in [5.74, 6) is -0.503. The molecule has 0 aliphatic rings. The Morgan fingerprint density at radius 1 is 1.11 bits per heavy atom. The molecule has 3 rings (SSSR count). The standard InChI is InChI=1S/C17H14F3NO4S3/c18-17(19,20)25-12-1-4-14(5-2-12)28(23,24)21-9-13-3-6-15(27-13)16(22)11-7-8-26-10-11/h1-8,10,16,21-22H,9H2/t16-/m0/s1. The summed E-state index contributed by atoms with van der Waals surface area (Å²) in [6.07, 6.45) is -5.62. The van der Waals surface area contributed by atoms with Crippen molar-refractivity contribution in [1.29, 1.82) is 0 Å². The molecule has 1 aromatic carbocycles. The minimum atomic E-state index is -4.84. The topological polar surface area (TPSA) is 75.6 Å². The van der Waals surface area contributed by atoms with Crippen molar-refractivity contribution in [3.05, 3.63) is 68.5 Å². The van der Waals surface area contributed by atoms with E-state index in [-0.39, 0.29) is 11.4 Å². The van der Waals surface area contributed by atoms with Crippen molar-refractivity contribution in [2.24, 2.45) is 0 Å². The molecule has 150 valence electrons. The van der Waals surface area contributed by atoms with Gasteiger partial charge in [-0.05, 0) is 58.8 Å². The van der Waals surface area contributed by atoms with E-state index in [1.807, 2.05) is 16.8 Å². The Labute approximate surface area is 167 Å². The number of hydrogen-bond donors (Lipinski definition) is 2. The number of aliphatic hydroxyl groups is 1. The molecule has 0 spiro atoms. The molecule has 2 aromatic heterocycles. The van der Waals surface area contributed by atoms with E-state index < -0.39 is 28.2 Å². The van der Waals surface area contributed by atoms with Crippen molar-refractivity contribution in [2.45, 2.75) is 23.9 Å². The van der Waals surface area contributed by atoms with Gasteiger partial charge in [-0.25, -0.2) is 13.1 Å². The first kappa shape index (κ1) is 20.8. The monoisotopic (exact) mass is 449 g/mol. The zero-order chi connectivity index (χ0) is 20.4.